The number of hydrogen-bond acceptors (Lipinski definition) is 3. The molecular weight excluding hydrogens is 450 g/mol. The molecule has 1 rings (SSSR count). The van der Waals surface area contributed by atoms with Crippen LogP contribution in [-0.4, -0.2) is 56.6 Å². The van der Waals surface area contributed by atoms with E-state index in [0.29, 0.717) is 24.8 Å². The molecular formula is C18H28FIN4O2. The van der Waals surface area contributed by atoms with Gasteiger partial charge in [-0.3, -0.25) is 4.79 Å². The molecule has 0 aliphatic rings. The molecule has 0 saturated heterocycles. The highest BCUT2D eigenvalue weighted by Gasteiger charge is 2.10. The van der Waals surface area contributed by atoms with Gasteiger partial charge in [-0.1, -0.05) is 19.1 Å². The van der Waals surface area contributed by atoms with Crippen molar-refractivity contribution in [3.05, 3.63) is 42.7 Å². The second-order valence-corrected chi connectivity index (χ2v) is 5.61. The topological polar surface area (TPSA) is 66.0 Å². The van der Waals surface area contributed by atoms with Crippen molar-refractivity contribution in [1.82, 2.24) is 15.5 Å². The summed E-state index contributed by atoms with van der Waals surface area (Å²) in [6.07, 6.45) is 2.27. The van der Waals surface area contributed by atoms with E-state index in [9.17, 15) is 9.18 Å². The van der Waals surface area contributed by atoms with Gasteiger partial charge in [0.1, 0.15) is 24.2 Å². The molecule has 0 aliphatic carbocycles. The van der Waals surface area contributed by atoms with Crippen LogP contribution in [0.3, 0.4) is 0 Å². The second-order valence-electron chi connectivity index (χ2n) is 5.61. The highest BCUT2D eigenvalue weighted by Crippen LogP contribution is 2.14. The molecule has 6 nitrogen and oxygen atoms in total. The maximum absolute atomic E-state index is 13.2. The standard InChI is InChI=1S/C18H27FN4O2.HI/c1-5-10-20-18(22-13-17(24)23(3)4)21-12-15(6-2)25-16-9-7-8-14(19)11-16;/h5,7-9,11,15H,1,6,10,12-13H2,2-4H3,(H2,20,21,22);1H. The van der Waals surface area contributed by atoms with Crippen LogP contribution in [0.15, 0.2) is 41.9 Å². The zero-order valence-electron chi connectivity index (χ0n) is 15.5. The molecule has 0 aromatic heterocycles. The Kier molecular flexibility index (Phi) is 12.4. The molecule has 26 heavy (non-hydrogen) atoms. The molecule has 0 heterocycles. The fraction of sp³-hybridized carbons (Fsp3) is 0.444. The third kappa shape index (κ3) is 9.59. The number of amides is 1. The molecule has 146 valence electrons. The Balaban J connectivity index is 0.00000625. The second kappa shape index (κ2) is 13.4. The van der Waals surface area contributed by atoms with Crippen LogP contribution in [0.4, 0.5) is 4.39 Å². The van der Waals surface area contributed by atoms with E-state index >= 15 is 0 Å². The molecule has 1 unspecified atom stereocenters. The van der Waals surface area contributed by atoms with Gasteiger partial charge in [-0.25, -0.2) is 9.38 Å². The van der Waals surface area contributed by atoms with Crippen molar-refractivity contribution in [3.63, 3.8) is 0 Å². The van der Waals surface area contributed by atoms with Gasteiger partial charge in [0.15, 0.2) is 5.96 Å². The van der Waals surface area contributed by atoms with Gasteiger partial charge in [0.2, 0.25) is 5.91 Å². The molecule has 0 radical (unpaired) electrons. The van der Waals surface area contributed by atoms with E-state index < -0.39 is 0 Å². The molecule has 0 spiro atoms. The minimum Gasteiger partial charge on any atom is -0.489 e. The van der Waals surface area contributed by atoms with Crippen LogP contribution in [-0.2, 0) is 4.79 Å². The van der Waals surface area contributed by atoms with Gasteiger partial charge in [-0.2, -0.15) is 0 Å². The van der Waals surface area contributed by atoms with Crippen molar-refractivity contribution < 1.29 is 13.9 Å². The van der Waals surface area contributed by atoms with Crippen molar-refractivity contribution in [2.45, 2.75) is 19.4 Å². The SMILES string of the molecule is C=CCNC(=NCC(=O)N(C)C)NCC(CC)Oc1cccc(F)c1.I. The maximum Gasteiger partial charge on any atom is 0.243 e. The summed E-state index contributed by atoms with van der Waals surface area (Å²) < 4.78 is 19.0. The predicted molar refractivity (Wildman–Crippen MR) is 114 cm³/mol. The van der Waals surface area contributed by atoms with Crippen molar-refractivity contribution in [2.24, 2.45) is 4.99 Å². The Morgan fingerprint density at radius 3 is 2.73 bits per heavy atom. The Labute approximate surface area is 171 Å². The van der Waals surface area contributed by atoms with Gasteiger partial charge in [0.25, 0.3) is 0 Å². The maximum atomic E-state index is 13.2. The monoisotopic (exact) mass is 478 g/mol. The quantitative estimate of drug-likeness (QED) is 0.248. The third-order valence-electron chi connectivity index (χ3n) is 3.34. The summed E-state index contributed by atoms with van der Waals surface area (Å²) in [5.74, 6) is 0.547. The number of aliphatic imine (C=N–C) groups is 1. The number of hydrogen-bond donors (Lipinski definition) is 2. The molecule has 1 aromatic rings. The highest BCUT2D eigenvalue weighted by molar-refractivity contribution is 14.0. The number of nitrogens with one attached hydrogen (secondary N) is 2. The smallest absolute Gasteiger partial charge is 0.243 e. The van der Waals surface area contributed by atoms with Gasteiger partial charge in [0, 0.05) is 26.7 Å². The summed E-state index contributed by atoms with van der Waals surface area (Å²) >= 11 is 0. The first-order chi connectivity index (χ1) is 12.0. The predicted octanol–water partition coefficient (Wildman–Crippen LogP) is 2.41. The van der Waals surface area contributed by atoms with Gasteiger partial charge < -0.3 is 20.3 Å². The number of carbonyl (C=O) groups is 1. The molecule has 1 aromatic carbocycles. The lowest BCUT2D eigenvalue weighted by molar-refractivity contribution is -0.127. The fourth-order valence-electron chi connectivity index (χ4n) is 1.84. The molecule has 1 atom stereocenters. The van der Waals surface area contributed by atoms with Crippen molar-refractivity contribution in [1.29, 1.82) is 0 Å². The van der Waals surface area contributed by atoms with E-state index in [1.807, 2.05) is 6.92 Å². The molecule has 0 fully saturated rings. The lowest BCUT2D eigenvalue weighted by Crippen LogP contribution is -2.43. The van der Waals surface area contributed by atoms with E-state index in [2.05, 4.69) is 22.2 Å². The first kappa shape index (κ1) is 24.2. The lowest BCUT2D eigenvalue weighted by atomic mass is 10.2. The van der Waals surface area contributed by atoms with Crippen LogP contribution in [0.25, 0.3) is 0 Å². The van der Waals surface area contributed by atoms with E-state index in [4.69, 9.17) is 4.74 Å². The first-order valence-corrected chi connectivity index (χ1v) is 8.21. The van der Waals surface area contributed by atoms with Gasteiger partial charge in [-0.05, 0) is 18.6 Å². The average Bonchev–Trinajstić information content (AvgIpc) is 2.59. The number of benzene rings is 1. The van der Waals surface area contributed by atoms with Gasteiger partial charge in [-0.15, -0.1) is 30.6 Å². The first-order valence-electron chi connectivity index (χ1n) is 8.21. The number of guanidine groups is 1. The minimum atomic E-state index is -0.336. The summed E-state index contributed by atoms with van der Waals surface area (Å²) in [4.78, 5) is 17.4. The van der Waals surface area contributed by atoms with Crippen molar-refractivity contribution >= 4 is 35.8 Å². The van der Waals surface area contributed by atoms with Crippen LogP contribution in [0.1, 0.15) is 13.3 Å². The Morgan fingerprint density at radius 2 is 2.15 bits per heavy atom. The van der Waals surface area contributed by atoms with Crippen LogP contribution in [0.2, 0.25) is 0 Å². The Morgan fingerprint density at radius 1 is 1.42 bits per heavy atom. The van der Waals surface area contributed by atoms with Crippen molar-refractivity contribution in [3.8, 4) is 5.75 Å². The van der Waals surface area contributed by atoms with Crippen LogP contribution >= 0.6 is 24.0 Å². The number of carbonyl (C=O) groups excluding carboxylic acids is 1. The average molecular weight is 478 g/mol. The van der Waals surface area contributed by atoms with Crippen LogP contribution < -0.4 is 15.4 Å². The molecule has 2 N–H and O–H groups in total. The summed E-state index contributed by atoms with van der Waals surface area (Å²) in [6.45, 7) is 6.66. The third-order valence-corrected chi connectivity index (χ3v) is 3.34. The molecule has 0 bridgehead atoms. The fourth-order valence-corrected chi connectivity index (χ4v) is 1.84. The van der Waals surface area contributed by atoms with E-state index in [0.717, 1.165) is 6.42 Å². The van der Waals surface area contributed by atoms with Gasteiger partial charge >= 0.3 is 0 Å². The minimum absolute atomic E-state index is 0. The summed E-state index contributed by atoms with van der Waals surface area (Å²) in [7, 11) is 3.37. The number of likely N-dealkylation sites (N-methyl/N-ethyl adjacent to an activating group) is 1. The molecule has 1 amide bonds. The summed E-state index contributed by atoms with van der Waals surface area (Å²) in [5.41, 5.74) is 0. The van der Waals surface area contributed by atoms with Gasteiger partial charge in [0.05, 0.1) is 6.54 Å². The van der Waals surface area contributed by atoms with Crippen molar-refractivity contribution in [2.75, 3.05) is 33.7 Å². The molecule has 0 saturated carbocycles. The highest BCUT2D eigenvalue weighted by atomic mass is 127. The zero-order chi connectivity index (χ0) is 18.7. The summed E-state index contributed by atoms with van der Waals surface area (Å²) in [6, 6.07) is 6.05. The number of ether oxygens (including phenoxy) is 1. The Bertz CT molecular complexity index is 596. The number of halogens is 2. The van der Waals surface area contributed by atoms with E-state index in [1.54, 1.807) is 32.3 Å². The largest absolute Gasteiger partial charge is 0.489 e. The van der Waals surface area contributed by atoms with Crippen LogP contribution in [0, 0.1) is 5.82 Å². The normalized spacial score (nSPS) is 11.8. The lowest BCUT2D eigenvalue weighted by Gasteiger charge is -2.20. The zero-order valence-corrected chi connectivity index (χ0v) is 17.8. The number of nitrogens with zero attached hydrogens (tertiary/aromatic N) is 2. The summed E-state index contributed by atoms with van der Waals surface area (Å²) in [5, 5.41) is 6.19. The van der Waals surface area contributed by atoms with E-state index in [-0.39, 0.29) is 48.3 Å². The van der Waals surface area contributed by atoms with Crippen LogP contribution in [0.5, 0.6) is 5.75 Å². The molecule has 0 aliphatic heterocycles. The van der Waals surface area contributed by atoms with E-state index in [1.165, 1.54) is 17.0 Å². The number of rotatable bonds is 9. The Hall–Kier alpha value is -1.84. The molecule has 8 heteroatoms.